The minimum atomic E-state index is 1.21. The van der Waals surface area contributed by atoms with Crippen LogP contribution < -0.4 is 0 Å². The fourth-order valence-corrected chi connectivity index (χ4v) is 4.77. The molecule has 0 aliphatic heterocycles. The minimum absolute atomic E-state index is 1.21. The van der Waals surface area contributed by atoms with Gasteiger partial charge in [0.05, 0.1) is 0 Å². The number of aryl methyl sites for hydroxylation is 2. The van der Waals surface area contributed by atoms with E-state index in [0.717, 1.165) is 0 Å². The van der Waals surface area contributed by atoms with Gasteiger partial charge in [-0.2, -0.15) is 0 Å². The largest absolute Gasteiger partial charge is 0.0622 e. The zero-order chi connectivity index (χ0) is 31.8. The SMILES string of the molecule is C(=C\c1ccccc1/C=C/c1ccccc1)/c1ccccc1.Cc1ccc(/C=C/c2ccc(/C=C/c3ccc(C)cc3)cc2)cc1. The summed E-state index contributed by atoms with van der Waals surface area (Å²) in [4.78, 5) is 0. The summed E-state index contributed by atoms with van der Waals surface area (Å²) in [5, 5.41) is 0. The van der Waals surface area contributed by atoms with Crippen LogP contribution in [0.1, 0.15) is 55.6 Å². The average Bonchev–Trinajstić information content (AvgIpc) is 3.11. The molecule has 0 aliphatic rings. The highest BCUT2D eigenvalue weighted by Crippen LogP contribution is 2.17. The zero-order valence-corrected chi connectivity index (χ0v) is 26.6. The van der Waals surface area contributed by atoms with E-state index in [1.165, 1.54) is 55.6 Å². The first-order valence-electron chi connectivity index (χ1n) is 15.8. The van der Waals surface area contributed by atoms with Crippen molar-refractivity contribution in [2.45, 2.75) is 13.8 Å². The lowest BCUT2D eigenvalue weighted by atomic mass is 10.0. The van der Waals surface area contributed by atoms with Gasteiger partial charge in [-0.05, 0) is 58.4 Å². The molecule has 46 heavy (non-hydrogen) atoms. The number of rotatable bonds is 8. The average molecular weight is 593 g/mol. The molecule has 0 spiro atoms. The first-order chi connectivity index (χ1) is 22.6. The van der Waals surface area contributed by atoms with Crippen LogP contribution in [-0.2, 0) is 0 Å². The van der Waals surface area contributed by atoms with E-state index >= 15 is 0 Å². The molecule has 0 saturated carbocycles. The van der Waals surface area contributed by atoms with Crippen LogP contribution in [0, 0.1) is 13.8 Å². The third kappa shape index (κ3) is 10.5. The molecular weight excluding hydrogens is 553 g/mol. The second-order valence-electron chi connectivity index (χ2n) is 11.3. The Morgan fingerprint density at radius 2 is 0.478 bits per heavy atom. The smallest absolute Gasteiger partial charge is 0.0184 e. The monoisotopic (exact) mass is 592 g/mol. The molecule has 0 nitrogen and oxygen atoms in total. The van der Waals surface area contributed by atoms with E-state index in [-0.39, 0.29) is 0 Å². The number of benzene rings is 6. The van der Waals surface area contributed by atoms with Crippen LogP contribution in [0.5, 0.6) is 0 Å². The Morgan fingerprint density at radius 1 is 0.239 bits per heavy atom. The van der Waals surface area contributed by atoms with Crippen molar-refractivity contribution in [3.05, 3.63) is 213 Å². The lowest BCUT2D eigenvalue weighted by Crippen LogP contribution is -1.80. The van der Waals surface area contributed by atoms with Crippen LogP contribution in [0.3, 0.4) is 0 Å². The minimum Gasteiger partial charge on any atom is -0.0622 e. The van der Waals surface area contributed by atoms with Gasteiger partial charge in [-0.25, -0.2) is 0 Å². The molecule has 0 N–H and O–H groups in total. The Hall–Kier alpha value is -5.72. The molecule has 6 aromatic carbocycles. The van der Waals surface area contributed by atoms with E-state index in [1.54, 1.807) is 0 Å². The van der Waals surface area contributed by atoms with Crippen molar-refractivity contribution in [1.82, 2.24) is 0 Å². The third-order valence-electron chi connectivity index (χ3n) is 7.53. The highest BCUT2D eigenvalue weighted by Gasteiger charge is 1.95. The first-order valence-corrected chi connectivity index (χ1v) is 15.8. The molecule has 0 saturated heterocycles. The van der Waals surface area contributed by atoms with Crippen molar-refractivity contribution in [2.24, 2.45) is 0 Å². The summed E-state index contributed by atoms with van der Waals surface area (Å²) in [5.74, 6) is 0. The number of hydrogen-bond acceptors (Lipinski definition) is 0. The van der Waals surface area contributed by atoms with Crippen LogP contribution in [0.2, 0.25) is 0 Å². The first kappa shape index (κ1) is 31.7. The van der Waals surface area contributed by atoms with E-state index in [0.29, 0.717) is 0 Å². The Labute approximate surface area is 275 Å². The maximum absolute atomic E-state index is 2.17. The number of hydrogen-bond donors (Lipinski definition) is 0. The van der Waals surface area contributed by atoms with Gasteiger partial charge in [-0.3, -0.25) is 0 Å². The Bertz CT molecular complexity index is 1740. The summed E-state index contributed by atoms with van der Waals surface area (Å²) >= 11 is 0. The second-order valence-corrected chi connectivity index (χ2v) is 11.3. The van der Waals surface area contributed by atoms with Crippen LogP contribution in [0.15, 0.2) is 158 Å². The zero-order valence-electron chi connectivity index (χ0n) is 26.6. The fraction of sp³-hybridized carbons (Fsp3) is 0.0435. The predicted molar refractivity (Wildman–Crippen MR) is 204 cm³/mol. The lowest BCUT2D eigenvalue weighted by molar-refractivity contribution is 1.46. The van der Waals surface area contributed by atoms with Crippen LogP contribution in [-0.4, -0.2) is 0 Å². The van der Waals surface area contributed by atoms with Gasteiger partial charge in [0, 0.05) is 0 Å². The maximum atomic E-state index is 2.17. The molecule has 6 aromatic rings. The molecule has 0 aromatic heterocycles. The van der Waals surface area contributed by atoms with E-state index in [9.17, 15) is 0 Å². The Balaban J connectivity index is 0.000000182. The molecule has 0 unspecified atom stereocenters. The highest BCUT2D eigenvalue weighted by molar-refractivity contribution is 5.79. The van der Waals surface area contributed by atoms with Gasteiger partial charge in [0.15, 0.2) is 0 Å². The second kappa shape index (κ2) is 16.9. The van der Waals surface area contributed by atoms with Crippen LogP contribution in [0.25, 0.3) is 48.6 Å². The third-order valence-corrected chi connectivity index (χ3v) is 7.53. The molecule has 0 aliphatic carbocycles. The van der Waals surface area contributed by atoms with Gasteiger partial charge in [0.2, 0.25) is 0 Å². The molecule has 0 amide bonds. The van der Waals surface area contributed by atoms with Crippen molar-refractivity contribution in [2.75, 3.05) is 0 Å². The van der Waals surface area contributed by atoms with Crippen molar-refractivity contribution >= 4 is 48.6 Å². The summed E-state index contributed by atoms with van der Waals surface area (Å²) in [6.45, 7) is 4.21. The van der Waals surface area contributed by atoms with Gasteiger partial charge < -0.3 is 0 Å². The predicted octanol–water partition coefficient (Wildman–Crippen LogP) is 12.7. The van der Waals surface area contributed by atoms with Crippen molar-refractivity contribution in [3.8, 4) is 0 Å². The summed E-state index contributed by atoms with van der Waals surface area (Å²) in [6.07, 6.45) is 17.2. The summed E-state index contributed by atoms with van der Waals surface area (Å²) in [5.41, 5.74) is 12.3. The van der Waals surface area contributed by atoms with Crippen molar-refractivity contribution in [3.63, 3.8) is 0 Å². The standard InChI is InChI=1S/C24H22.C22H18/c1-19-3-7-21(8-4-19)11-13-23-15-17-24(18-16-23)14-12-22-9-5-20(2)6-10-22;1-3-9-19(10-4-1)15-17-21-13-7-8-14-22(21)18-16-20-11-5-2-6-12-20/h3-18H,1-2H3;1-18H/b13-11+,14-12+;17-15+,18-16+. The van der Waals surface area contributed by atoms with Gasteiger partial charge in [-0.15, -0.1) is 0 Å². The molecular formula is C46H40. The molecule has 0 bridgehead atoms. The summed E-state index contributed by atoms with van der Waals surface area (Å²) in [7, 11) is 0. The van der Waals surface area contributed by atoms with Gasteiger partial charge in [-0.1, -0.05) is 217 Å². The molecule has 0 fully saturated rings. The summed E-state index contributed by atoms with van der Waals surface area (Å²) in [6, 6.07) is 54.9. The highest BCUT2D eigenvalue weighted by atomic mass is 14.0. The van der Waals surface area contributed by atoms with Gasteiger partial charge in [0.1, 0.15) is 0 Å². The van der Waals surface area contributed by atoms with Crippen molar-refractivity contribution in [1.29, 1.82) is 0 Å². The van der Waals surface area contributed by atoms with Gasteiger partial charge in [0.25, 0.3) is 0 Å². The van der Waals surface area contributed by atoms with E-state index < -0.39 is 0 Å². The topological polar surface area (TPSA) is 0 Å². The molecule has 6 rings (SSSR count). The fourth-order valence-electron chi connectivity index (χ4n) is 4.77. The molecule has 0 heterocycles. The molecule has 0 radical (unpaired) electrons. The van der Waals surface area contributed by atoms with Crippen LogP contribution in [0.4, 0.5) is 0 Å². The van der Waals surface area contributed by atoms with Crippen molar-refractivity contribution < 1.29 is 0 Å². The van der Waals surface area contributed by atoms with E-state index in [1.807, 2.05) is 12.1 Å². The van der Waals surface area contributed by atoms with Gasteiger partial charge >= 0.3 is 0 Å². The molecule has 0 heteroatoms. The maximum Gasteiger partial charge on any atom is -0.0184 e. The molecule has 224 valence electrons. The van der Waals surface area contributed by atoms with E-state index in [2.05, 4.69) is 208 Å². The Morgan fingerprint density at radius 3 is 0.804 bits per heavy atom. The molecule has 0 atom stereocenters. The lowest BCUT2D eigenvalue weighted by Gasteiger charge is -2.01. The van der Waals surface area contributed by atoms with Crippen LogP contribution >= 0.6 is 0 Å². The van der Waals surface area contributed by atoms with E-state index in [4.69, 9.17) is 0 Å². The normalized spacial score (nSPS) is 11.3. The quantitative estimate of drug-likeness (QED) is 0.154. The summed E-state index contributed by atoms with van der Waals surface area (Å²) < 4.78 is 0. The Kier molecular flexibility index (Phi) is 11.7.